The van der Waals surface area contributed by atoms with Crippen molar-refractivity contribution in [3.63, 3.8) is 0 Å². The molecule has 0 radical (unpaired) electrons. The first-order valence-corrected chi connectivity index (χ1v) is 10.9. The Kier molecular flexibility index (Phi) is 8.50. The number of aromatic nitrogens is 4. The lowest BCUT2D eigenvalue weighted by Crippen LogP contribution is -2.27. The van der Waals surface area contributed by atoms with Crippen molar-refractivity contribution >= 4 is 34.7 Å². The zero-order valence-electron chi connectivity index (χ0n) is 17.5. The van der Waals surface area contributed by atoms with Crippen LogP contribution in [0.15, 0.2) is 60.7 Å². The number of anilines is 1. The van der Waals surface area contributed by atoms with E-state index in [9.17, 15) is 14.4 Å². The van der Waals surface area contributed by atoms with E-state index in [-0.39, 0.29) is 30.1 Å². The number of nitrogens with one attached hydrogen (secondary N) is 1. The normalized spacial score (nSPS) is 11.5. The van der Waals surface area contributed by atoms with Crippen molar-refractivity contribution in [2.24, 2.45) is 5.92 Å². The van der Waals surface area contributed by atoms with Gasteiger partial charge in [-0.15, -0.1) is 5.10 Å². The van der Waals surface area contributed by atoms with Gasteiger partial charge in [-0.1, -0.05) is 77.5 Å². The molecular formula is C22H23N5O4S. The maximum absolute atomic E-state index is 12.8. The smallest absolute Gasteiger partial charge is 0.330 e. The summed E-state index contributed by atoms with van der Waals surface area (Å²) in [4.78, 5) is 37.2. The molecule has 1 aromatic heterocycles. The minimum absolute atomic E-state index is 0.0169. The van der Waals surface area contributed by atoms with Crippen LogP contribution in [0.4, 0.5) is 5.95 Å². The standard InChI is InChI=1S/C22H23N5O4S/c1-16(28)32-15-19(12-17-8-4-2-5-9-17)21(30)23-22-24-26-27(25-22)13-20(29)31-14-18-10-6-3-7-11-18/h2-11,19H,12-15H2,1H3,(H,23,25,30)/t19-/m1/s1. The second-order valence-corrected chi connectivity index (χ2v) is 8.17. The summed E-state index contributed by atoms with van der Waals surface area (Å²) in [6.45, 7) is 1.38. The Morgan fingerprint density at radius 2 is 1.69 bits per heavy atom. The minimum Gasteiger partial charge on any atom is -0.459 e. The zero-order valence-corrected chi connectivity index (χ0v) is 18.3. The number of ether oxygens (including phenoxy) is 1. The lowest BCUT2D eigenvalue weighted by Gasteiger charge is -2.14. The summed E-state index contributed by atoms with van der Waals surface area (Å²) >= 11 is 1.09. The van der Waals surface area contributed by atoms with Crippen LogP contribution < -0.4 is 5.32 Å². The number of hydrogen-bond donors (Lipinski definition) is 1. The lowest BCUT2D eigenvalue weighted by atomic mass is 10.0. The van der Waals surface area contributed by atoms with Crippen molar-refractivity contribution in [1.29, 1.82) is 0 Å². The van der Waals surface area contributed by atoms with Crippen molar-refractivity contribution < 1.29 is 19.1 Å². The van der Waals surface area contributed by atoms with E-state index in [0.29, 0.717) is 12.2 Å². The van der Waals surface area contributed by atoms with Gasteiger partial charge in [0, 0.05) is 12.7 Å². The third-order valence-electron chi connectivity index (χ3n) is 4.38. The summed E-state index contributed by atoms with van der Waals surface area (Å²) in [6.07, 6.45) is 0.465. The lowest BCUT2D eigenvalue weighted by molar-refractivity contribution is -0.146. The fourth-order valence-corrected chi connectivity index (χ4v) is 3.52. The summed E-state index contributed by atoms with van der Waals surface area (Å²) in [5, 5.41) is 14.1. The van der Waals surface area contributed by atoms with Gasteiger partial charge in [-0.2, -0.15) is 4.80 Å². The maximum atomic E-state index is 12.8. The van der Waals surface area contributed by atoms with Gasteiger partial charge in [0.05, 0.1) is 5.92 Å². The van der Waals surface area contributed by atoms with Gasteiger partial charge >= 0.3 is 5.97 Å². The van der Waals surface area contributed by atoms with Crippen molar-refractivity contribution in [2.75, 3.05) is 11.1 Å². The van der Waals surface area contributed by atoms with Crippen LogP contribution in [0, 0.1) is 5.92 Å². The fourth-order valence-electron chi connectivity index (χ4n) is 2.82. The number of carbonyl (C=O) groups is 3. The molecule has 3 aromatic rings. The SMILES string of the molecule is CC(=O)SC[C@@H](Cc1ccccc1)C(=O)Nc1nnn(CC(=O)OCc2ccccc2)n1. The van der Waals surface area contributed by atoms with Gasteiger partial charge in [0.25, 0.3) is 5.95 Å². The summed E-state index contributed by atoms with van der Waals surface area (Å²) < 4.78 is 5.19. The Morgan fingerprint density at radius 3 is 2.34 bits per heavy atom. The van der Waals surface area contributed by atoms with Crippen LogP contribution in [0.3, 0.4) is 0 Å². The van der Waals surface area contributed by atoms with E-state index < -0.39 is 11.9 Å². The molecule has 32 heavy (non-hydrogen) atoms. The Balaban J connectivity index is 1.54. The molecule has 1 atom stereocenters. The molecule has 1 amide bonds. The van der Waals surface area contributed by atoms with Crippen LogP contribution in [0.25, 0.3) is 0 Å². The van der Waals surface area contributed by atoms with Crippen LogP contribution in [0.5, 0.6) is 0 Å². The Bertz CT molecular complexity index is 1040. The molecule has 0 aliphatic carbocycles. The number of hydrogen-bond acceptors (Lipinski definition) is 8. The molecule has 2 aromatic carbocycles. The fraction of sp³-hybridized carbons (Fsp3) is 0.273. The number of carbonyl (C=O) groups excluding carboxylic acids is 3. The molecule has 3 rings (SSSR count). The third-order valence-corrected chi connectivity index (χ3v) is 5.36. The molecule has 0 aliphatic heterocycles. The third kappa shape index (κ3) is 7.62. The van der Waals surface area contributed by atoms with E-state index in [1.54, 1.807) is 0 Å². The zero-order chi connectivity index (χ0) is 22.8. The molecule has 0 saturated carbocycles. The van der Waals surface area contributed by atoms with Gasteiger partial charge < -0.3 is 4.74 Å². The van der Waals surface area contributed by atoms with Gasteiger partial charge in [0.2, 0.25) is 5.91 Å². The Labute approximate surface area is 189 Å². The van der Waals surface area contributed by atoms with Crippen LogP contribution in [-0.4, -0.2) is 43.0 Å². The van der Waals surface area contributed by atoms with E-state index in [1.165, 1.54) is 6.92 Å². The van der Waals surface area contributed by atoms with Crippen LogP contribution in [-0.2, 0) is 38.7 Å². The molecule has 0 spiro atoms. The Hall–Kier alpha value is -3.53. The predicted octanol–water partition coefficient (Wildman–Crippen LogP) is 2.49. The molecule has 0 fully saturated rings. The minimum atomic E-state index is -0.524. The van der Waals surface area contributed by atoms with Crippen LogP contribution in [0.2, 0.25) is 0 Å². The van der Waals surface area contributed by atoms with Gasteiger partial charge in [-0.05, 0) is 22.8 Å². The Morgan fingerprint density at radius 1 is 1.03 bits per heavy atom. The second-order valence-electron chi connectivity index (χ2n) is 6.97. The van der Waals surface area contributed by atoms with Gasteiger partial charge in [-0.25, -0.2) is 4.79 Å². The van der Waals surface area contributed by atoms with E-state index in [1.807, 2.05) is 60.7 Å². The number of esters is 1. The van der Waals surface area contributed by atoms with E-state index >= 15 is 0 Å². The maximum Gasteiger partial charge on any atom is 0.330 e. The molecule has 0 unspecified atom stereocenters. The van der Waals surface area contributed by atoms with E-state index in [4.69, 9.17) is 4.74 Å². The highest BCUT2D eigenvalue weighted by Gasteiger charge is 2.22. The average Bonchev–Trinajstić information content (AvgIpc) is 3.23. The van der Waals surface area contributed by atoms with Crippen LogP contribution >= 0.6 is 11.8 Å². The molecule has 1 heterocycles. The van der Waals surface area contributed by atoms with Crippen molar-refractivity contribution in [1.82, 2.24) is 20.2 Å². The monoisotopic (exact) mass is 453 g/mol. The quantitative estimate of drug-likeness (QED) is 0.466. The van der Waals surface area contributed by atoms with Gasteiger partial charge in [0.15, 0.2) is 11.7 Å². The van der Waals surface area contributed by atoms with Gasteiger partial charge in [0.1, 0.15) is 6.61 Å². The summed E-state index contributed by atoms with van der Waals surface area (Å²) in [5.74, 6) is -1.00. The number of rotatable bonds is 10. The highest BCUT2D eigenvalue weighted by molar-refractivity contribution is 8.13. The molecule has 9 nitrogen and oxygen atoms in total. The molecule has 1 N–H and O–H groups in total. The number of amides is 1. The number of thioether (sulfide) groups is 1. The molecule has 10 heteroatoms. The molecule has 0 saturated heterocycles. The highest BCUT2D eigenvalue weighted by atomic mass is 32.2. The van der Waals surface area contributed by atoms with Crippen molar-refractivity contribution in [2.45, 2.75) is 26.5 Å². The number of tetrazole rings is 1. The van der Waals surface area contributed by atoms with Crippen molar-refractivity contribution in [3.05, 3.63) is 71.8 Å². The van der Waals surface area contributed by atoms with Crippen LogP contribution in [0.1, 0.15) is 18.1 Å². The first kappa shape index (κ1) is 23.1. The number of benzene rings is 2. The largest absolute Gasteiger partial charge is 0.459 e. The van der Waals surface area contributed by atoms with Crippen molar-refractivity contribution in [3.8, 4) is 0 Å². The second kappa shape index (κ2) is 11.8. The summed E-state index contributed by atoms with van der Waals surface area (Å²) in [5.41, 5.74) is 1.85. The van der Waals surface area contributed by atoms with Gasteiger partial charge in [-0.3, -0.25) is 14.9 Å². The number of nitrogens with zero attached hydrogens (tertiary/aromatic N) is 4. The molecule has 0 aliphatic rings. The summed E-state index contributed by atoms with van der Waals surface area (Å²) in [6, 6.07) is 18.8. The first-order valence-electron chi connectivity index (χ1n) is 9.95. The average molecular weight is 454 g/mol. The van der Waals surface area contributed by atoms with E-state index in [2.05, 4.69) is 20.7 Å². The molecule has 0 bridgehead atoms. The molecular weight excluding hydrogens is 430 g/mol. The predicted molar refractivity (Wildman–Crippen MR) is 119 cm³/mol. The summed E-state index contributed by atoms with van der Waals surface area (Å²) in [7, 11) is 0. The van der Waals surface area contributed by atoms with E-state index in [0.717, 1.165) is 27.7 Å². The first-order chi connectivity index (χ1) is 15.5. The molecule has 166 valence electrons. The highest BCUT2D eigenvalue weighted by Crippen LogP contribution is 2.17. The topological polar surface area (TPSA) is 116 Å².